The molecule has 20 heavy (non-hydrogen) atoms. The van der Waals surface area contributed by atoms with Crippen LogP contribution in [0.25, 0.3) is 0 Å². The topological polar surface area (TPSA) is 86.7 Å². The normalized spacial score (nSPS) is 25.6. The molecule has 1 heterocycles. The third kappa shape index (κ3) is 4.60. The van der Waals surface area contributed by atoms with Crippen molar-refractivity contribution in [3.8, 4) is 0 Å². The van der Waals surface area contributed by atoms with Crippen molar-refractivity contribution in [2.75, 3.05) is 13.1 Å². The van der Waals surface area contributed by atoms with Crippen LogP contribution >= 0.6 is 0 Å². The van der Waals surface area contributed by atoms with Gasteiger partial charge in [0.05, 0.1) is 0 Å². The van der Waals surface area contributed by atoms with Crippen molar-refractivity contribution in [2.24, 2.45) is 5.92 Å². The summed E-state index contributed by atoms with van der Waals surface area (Å²) < 4.78 is 61.8. The molecule has 0 saturated carbocycles. The van der Waals surface area contributed by atoms with Crippen LogP contribution in [-0.4, -0.2) is 49.1 Å². The number of halogens is 3. The maximum Gasteiger partial charge on any atom is 0.402 e. The summed E-state index contributed by atoms with van der Waals surface area (Å²) in [6, 6.07) is -1.32. The van der Waals surface area contributed by atoms with E-state index in [1.165, 1.54) is 4.72 Å². The molecular formula is C10H17F3N2O4S. The van der Waals surface area contributed by atoms with Crippen LogP contribution in [0.1, 0.15) is 26.2 Å². The van der Waals surface area contributed by atoms with Crippen molar-refractivity contribution in [2.45, 2.75) is 38.4 Å². The molecule has 2 unspecified atom stereocenters. The van der Waals surface area contributed by atoms with Crippen LogP contribution in [0.3, 0.4) is 0 Å². The monoisotopic (exact) mass is 318 g/mol. The smallest absolute Gasteiger partial charge is 0.402 e. The molecule has 2 N–H and O–H groups in total. The number of nitrogens with one attached hydrogen (secondary N) is 1. The molecule has 0 aromatic rings. The molecule has 0 aromatic heterocycles. The number of hydrogen-bond donors (Lipinski definition) is 2. The molecule has 0 aromatic carbocycles. The number of carboxylic acids is 1. The SMILES string of the molecule is CCC1CCN(S(=O)(=O)NCC(F)(F)F)C(C(=O)O)C1. The predicted molar refractivity (Wildman–Crippen MR) is 64.1 cm³/mol. The Balaban J connectivity index is 2.84. The van der Waals surface area contributed by atoms with Crippen molar-refractivity contribution in [3.63, 3.8) is 0 Å². The van der Waals surface area contributed by atoms with E-state index in [2.05, 4.69) is 0 Å². The van der Waals surface area contributed by atoms with Gasteiger partial charge in [0.1, 0.15) is 12.6 Å². The van der Waals surface area contributed by atoms with E-state index < -0.39 is 34.9 Å². The molecule has 0 aliphatic carbocycles. The van der Waals surface area contributed by atoms with Crippen LogP contribution in [0.5, 0.6) is 0 Å². The third-order valence-corrected chi connectivity index (χ3v) is 4.85. The average Bonchev–Trinajstić information content (AvgIpc) is 2.35. The minimum atomic E-state index is -4.69. The molecule has 0 amide bonds. The van der Waals surface area contributed by atoms with Crippen LogP contribution in [-0.2, 0) is 15.0 Å². The Hall–Kier alpha value is -0.870. The van der Waals surface area contributed by atoms with E-state index in [-0.39, 0.29) is 18.9 Å². The number of piperidine rings is 1. The first-order chi connectivity index (χ1) is 9.07. The molecular weight excluding hydrogens is 301 g/mol. The summed E-state index contributed by atoms with van der Waals surface area (Å²) in [6.07, 6.45) is -3.44. The molecule has 1 aliphatic rings. The second-order valence-electron chi connectivity index (χ2n) is 4.70. The van der Waals surface area contributed by atoms with E-state index in [4.69, 9.17) is 5.11 Å². The second kappa shape index (κ2) is 6.27. The molecule has 1 aliphatic heterocycles. The molecule has 1 fully saturated rings. The van der Waals surface area contributed by atoms with Gasteiger partial charge in [-0.05, 0) is 18.8 Å². The maximum atomic E-state index is 12.1. The van der Waals surface area contributed by atoms with Crippen molar-refractivity contribution in [1.82, 2.24) is 9.03 Å². The second-order valence-corrected chi connectivity index (χ2v) is 6.41. The highest BCUT2D eigenvalue weighted by atomic mass is 32.2. The van der Waals surface area contributed by atoms with Crippen molar-refractivity contribution < 1.29 is 31.5 Å². The first kappa shape index (κ1) is 17.2. The van der Waals surface area contributed by atoms with Gasteiger partial charge >= 0.3 is 12.1 Å². The number of aliphatic carboxylic acids is 1. The van der Waals surface area contributed by atoms with Crippen molar-refractivity contribution in [1.29, 1.82) is 0 Å². The lowest BCUT2D eigenvalue weighted by Gasteiger charge is -2.35. The molecule has 1 saturated heterocycles. The molecule has 6 nitrogen and oxygen atoms in total. The van der Waals surface area contributed by atoms with E-state index in [1.54, 1.807) is 0 Å². The summed E-state index contributed by atoms with van der Waals surface area (Å²) in [5.74, 6) is -1.29. The van der Waals surface area contributed by atoms with Crippen LogP contribution in [0, 0.1) is 5.92 Å². The molecule has 0 bridgehead atoms. The van der Waals surface area contributed by atoms with Crippen molar-refractivity contribution in [3.05, 3.63) is 0 Å². The minimum Gasteiger partial charge on any atom is -0.480 e. The van der Waals surface area contributed by atoms with Crippen LogP contribution < -0.4 is 4.72 Å². The lowest BCUT2D eigenvalue weighted by atomic mass is 9.90. The van der Waals surface area contributed by atoms with Gasteiger partial charge in [0.15, 0.2) is 0 Å². The molecule has 1 rings (SSSR count). The molecule has 10 heteroatoms. The van der Waals surface area contributed by atoms with Gasteiger partial charge in [-0.2, -0.15) is 30.6 Å². The number of carbonyl (C=O) groups is 1. The average molecular weight is 318 g/mol. The Labute approximate surface area is 115 Å². The standard InChI is InChI=1S/C10H17F3N2O4S/c1-2-7-3-4-15(8(5-7)9(16)17)20(18,19)14-6-10(11,12)13/h7-8,14H,2-6H2,1H3,(H,16,17). The van der Waals surface area contributed by atoms with Gasteiger partial charge < -0.3 is 5.11 Å². The Bertz CT molecular complexity index is 452. The first-order valence-corrected chi connectivity index (χ1v) is 7.57. The van der Waals surface area contributed by atoms with Gasteiger partial charge in [0.25, 0.3) is 10.2 Å². The molecule has 0 spiro atoms. The summed E-state index contributed by atoms with van der Waals surface area (Å²) in [7, 11) is -4.46. The quantitative estimate of drug-likeness (QED) is 0.790. The fraction of sp³-hybridized carbons (Fsp3) is 0.900. The van der Waals surface area contributed by atoms with Gasteiger partial charge in [-0.3, -0.25) is 4.79 Å². The van der Waals surface area contributed by atoms with Gasteiger partial charge in [-0.15, -0.1) is 0 Å². The Morgan fingerprint density at radius 2 is 2.05 bits per heavy atom. The first-order valence-electron chi connectivity index (χ1n) is 6.13. The molecule has 0 radical (unpaired) electrons. The number of rotatable bonds is 5. The predicted octanol–water partition coefficient (Wildman–Crippen LogP) is 0.958. The van der Waals surface area contributed by atoms with E-state index in [9.17, 15) is 26.4 Å². The Kier molecular flexibility index (Phi) is 5.39. The summed E-state index contributed by atoms with van der Waals surface area (Å²) in [4.78, 5) is 11.1. The number of nitrogens with zero attached hydrogens (tertiary/aromatic N) is 1. The zero-order valence-corrected chi connectivity index (χ0v) is 11.7. The van der Waals surface area contributed by atoms with E-state index >= 15 is 0 Å². The maximum absolute atomic E-state index is 12.1. The van der Waals surface area contributed by atoms with Crippen LogP contribution in [0.2, 0.25) is 0 Å². The largest absolute Gasteiger partial charge is 0.480 e. The zero-order valence-electron chi connectivity index (χ0n) is 10.9. The van der Waals surface area contributed by atoms with E-state index in [0.717, 1.165) is 0 Å². The Morgan fingerprint density at radius 3 is 2.50 bits per heavy atom. The highest BCUT2D eigenvalue weighted by Gasteiger charge is 2.41. The number of carboxylic acid groups (broad SMARTS) is 1. The molecule has 2 atom stereocenters. The summed E-state index contributed by atoms with van der Waals surface area (Å²) in [6.45, 7) is 0.0493. The lowest BCUT2D eigenvalue weighted by molar-refractivity contribution is -0.143. The van der Waals surface area contributed by atoms with Crippen LogP contribution in [0.4, 0.5) is 13.2 Å². The van der Waals surface area contributed by atoms with Crippen molar-refractivity contribution >= 4 is 16.2 Å². The van der Waals surface area contributed by atoms with Gasteiger partial charge in [-0.25, -0.2) is 0 Å². The summed E-state index contributed by atoms with van der Waals surface area (Å²) in [5, 5.41) is 9.06. The fourth-order valence-corrected chi connectivity index (χ4v) is 3.52. The van der Waals surface area contributed by atoms with Gasteiger partial charge in [0, 0.05) is 6.54 Å². The third-order valence-electron chi connectivity index (χ3n) is 3.29. The summed E-state index contributed by atoms with van der Waals surface area (Å²) >= 11 is 0. The van der Waals surface area contributed by atoms with Crippen LogP contribution in [0.15, 0.2) is 0 Å². The Morgan fingerprint density at radius 1 is 1.45 bits per heavy atom. The highest BCUT2D eigenvalue weighted by Crippen LogP contribution is 2.27. The zero-order chi connectivity index (χ0) is 15.6. The number of hydrogen-bond acceptors (Lipinski definition) is 3. The number of alkyl halides is 3. The van der Waals surface area contributed by atoms with Gasteiger partial charge in [-0.1, -0.05) is 13.3 Å². The molecule has 118 valence electrons. The lowest BCUT2D eigenvalue weighted by Crippen LogP contribution is -2.54. The summed E-state index contributed by atoms with van der Waals surface area (Å²) in [5.41, 5.74) is 0. The van der Waals surface area contributed by atoms with Gasteiger partial charge in [0.2, 0.25) is 0 Å². The van der Waals surface area contributed by atoms with E-state index in [0.29, 0.717) is 17.1 Å². The fourth-order valence-electron chi connectivity index (χ4n) is 2.16. The highest BCUT2D eigenvalue weighted by molar-refractivity contribution is 7.87. The van der Waals surface area contributed by atoms with E-state index in [1.807, 2.05) is 6.92 Å². The minimum absolute atomic E-state index is 0.0603.